The van der Waals surface area contributed by atoms with E-state index in [4.69, 9.17) is 16.3 Å². The van der Waals surface area contributed by atoms with Crippen LogP contribution in [-0.4, -0.2) is 29.6 Å². The van der Waals surface area contributed by atoms with E-state index in [2.05, 4.69) is 16.0 Å². The second kappa shape index (κ2) is 10.7. The molecule has 3 amide bonds. The van der Waals surface area contributed by atoms with Crippen molar-refractivity contribution in [3.63, 3.8) is 0 Å². The predicted octanol–water partition coefficient (Wildman–Crippen LogP) is 6.00. The van der Waals surface area contributed by atoms with Crippen molar-refractivity contribution in [1.82, 2.24) is 5.32 Å². The van der Waals surface area contributed by atoms with E-state index in [1.54, 1.807) is 63.2 Å². The predicted molar refractivity (Wildman–Crippen MR) is 130 cm³/mol. The van der Waals surface area contributed by atoms with Crippen LogP contribution in [0.2, 0.25) is 5.02 Å². The Morgan fingerprint density at radius 2 is 1.52 bits per heavy atom. The van der Waals surface area contributed by atoms with Crippen molar-refractivity contribution in [2.45, 2.75) is 64.5 Å². The maximum absolute atomic E-state index is 12.7. The van der Waals surface area contributed by atoms with Crippen molar-refractivity contribution >= 4 is 40.9 Å². The summed E-state index contributed by atoms with van der Waals surface area (Å²) in [7, 11) is 0. The Balaban J connectivity index is 1.62. The molecule has 7 nitrogen and oxygen atoms in total. The molecule has 33 heavy (non-hydrogen) atoms. The fraction of sp³-hybridized carbons (Fsp3) is 0.400. The van der Waals surface area contributed by atoms with E-state index in [9.17, 15) is 14.4 Å². The van der Waals surface area contributed by atoms with E-state index in [-0.39, 0.29) is 17.9 Å². The molecule has 0 unspecified atom stereocenters. The quantitative estimate of drug-likeness (QED) is 0.498. The van der Waals surface area contributed by atoms with Crippen LogP contribution in [-0.2, 0) is 4.74 Å². The molecule has 0 aliphatic heterocycles. The van der Waals surface area contributed by atoms with Crippen LogP contribution in [0.1, 0.15) is 73.6 Å². The van der Waals surface area contributed by atoms with Gasteiger partial charge in [0.2, 0.25) is 0 Å². The molecule has 2 aromatic rings. The zero-order valence-corrected chi connectivity index (χ0v) is 19.9. The van der Waals surface area contributed by atoms with Crippen LogP contribution in [0.15, 0.2) is 42.5 Å². The summed E-state index contributed by atoms with van der Waals surface area (Å²) in [4.78, 5) is 37.2. The topological polar surface area (TPSA) is 96.5 Å². The van der Waals surface area contributed by atoms with Crippen LogP contribution in [0.3, 0.4) is 0 Å². The maximum Gasteiger partial charge on any atom is 0.412 e. The molecule has 1 aliphatic carbocycles. The lowest BCUT2D eigenvalue weighted by molar-refractivity contribution is 0.0635. The number of carbonyl (C=O) groups is 3. The smallest absolute Gasteiger partial charge is 0.412 e. The van der Waals surface area contributed by atoms with E-state index in [1.165, 1.54) is 6.42 Å². The lowest BCUT2D eigenvalue weighted by Gasteiger charge is -2.23. The lowest BCUT2D eigenvalue weighted by Crippen LogP contribution is -2.36. The van der Waals surface area contributed by atoms with E-state index >= 15 is 0 Å². The number of hydrogen-bond acceptors (Lipinski definition) is 4. The summed E-state index contributed by atoms with van der Waals surface area (Å²) in [6.45, 7) is 5.34. The molecule has 0 heterocycles. The normalized spacial score (nSPS) is 14.3. The van der Waals surface area contributed by atoms with Crippen molar-refractivity contribution in [2.75, 3.05) is 10.6 Å². The molecule has 0 bridgehead atoms. The summed E-state index contributed by atoms with van der Waals surface area (Å²) in [5.41, 5.74) is 1.10. The Bertz CT molecular complexity index is 1010. The van der Waals surface area contributed by atoms with E-state index in [0.29, 0.717) is 27.5 Å². The molecule has 1 saturated carbocycles. The first-order chi connectivity index (χ1) is 15.6. The van der Waals surface area contributed by atoms with E-state index in [1.807, 2.05) is 0 Å². The minimum atomic E-state index is -0.603. The Hall–Kier alpha value is -3.06. The third kappa shape index (κ3) is 7.49. The summed E-state index contributed by atoms with van der Waals surface area (Å²) in [5.74, 6) is -0.583. The molecule has 0 radical (unpaired) electrons. The molecule has 3 rings (SSSR count). The van der Waals surface area contributed by atoms with Crippen LogP contribution < -0.4 is 16.0 Å². The third-order valence-corrected chi connectivity index (χ3v) is 5.53. The summed E-state index contributed by atoms with van der Waals surface area (Å²) in [6.07, 6.45) is 4.80. The highest BCUT2D eigenvalue weighted by molar-refractivity contribution is 6.34. The molecule has 3 N–H and O–H groups in total. The van der Waals surface area contributed by atoms with E-state index < -0.39 is 11.7 Å². The van der Waals surface area contributed by atoms with Crippen LogP contribution in [0, 0.1) is 0 Å². The summed E-state index contributed by atoms with van der Waals surface area (Å²) in [5, 5.41) is 8.78. The van der Waals surface area contributed by atoms with E-state index in [0.717, 1.165) is 25.7 Å². The highest BCUT2D eigenvalue weighted by Crippen LogP contribution is 2.23. The van der Waals surface area contributed by atoms with Gasteiger partial charge >= 0.3 is 6.09 Å². The second-order valence-corrected chi connectivity index (χ2v) is 9.57. The van der Waals surface area contributed by atoms with Gasteiger partial charge in [-0.1, -0.05) is 30.9 Å². The largest absolute Gasteiger partial charge is 0.444 e. The number of hydrogen-bond donors (Lipinski definition) is 3. The second-order valence-electron chi connectivity index (χ2n) is 9.16. The fourth-order valence-corrected chi connectivity index (χ4v) is 3.82. The van der Waals surface area contributed by atoms with Crippen LogP contribution in [0.5, 0.6) is 0 Å². The zero-order chi connectivity index (χ0) is 24.0. The number of ether oxygens (including phenoxy) is 1. The number of nitrogens with one attached hydrogen (secondary N) is 3. The summed E-state index contributed by atoms with van der Waals surface area (Å²) >= 11 is 6.24. The Morgan fingerprint density at radius 1 is 0.879 bits per heavy atom. The highest BCUT2D eigenvalue weighted by Gasteiger charge is 2.19. The Morgan fingerprint density at radius 3 is 2.15 bits per heavy atom. The maximum atomic E-state index is 12.7. The van der Waals surface area contributed by atoms with Crippen molar-refractivity contribution < 1.29 is 19.1 Å². The molecule has 2 aromatic carbocycles. The van der Waals surface area contributed by atoms with Crippen molar-refractivity contribution in [2.24, 2.45) is 0 Å². The summed E-state index contributed by atoms with van der Waals surface area (Å²) in [6, 6.07) is 11.4. The summed E-state index contributed by atoms with van der Waals surface area (Å²) < 4.78 is 5.21. The Labute approximate surface area is 199 Å². The molecule has 1 fully saturated rings. The SMILES string of the molecule is CC(C)(C)OC(=O)Nc1ccc(C(=O)Nc2ccc(Cl)c(C(=O)NC3CCCCC3)c2)cc1. The van der Waals surface area contributed by atoms with Gasteiger partial charge in [-0.2, -0.15) is 0 Å². The first-order valence-electron chi connectivity index (χ1n) is 11.1. The lowest BCUT2D eigenvalue weighted by atomic mass is 9.95. The molecule has 176 valence electrons. The molecule has 0 aromatic heterocycles. The van der Waals surface area contributed by atoms with Gasteiger partial charge in [0.1, 0.15) is 5.60 Å². The van der Waals surface area contributed by atoms with Gasteiger partial charge in [0.25, 0.3) is 11.8 Å². The minimum Gasteiger partial charge on any atom is -0.444 e. The fourth-order valence-electron chi connectivity index (χ4n) is 3.62. The van der Waals surface area contributed by atoms with Crippen molar-refractivity contribution in [1.29, 1.82) is 0 Å². The van der Waals surface area contributed by atoms with Gasteiger partial charge in [-0.3, -0.25) is 14.9 Å². The molecule has 1 aliphatic rings. The van der Waals surface area contributed by atoms with Gasteiger partial charge in [0, 0.05) is 23.0 Å². The van der Waals surface area contributed by atoms with Crippen molar-refractivity contribution in [3.8, 4) is 0 Å². The molecule has 8 heteroatoms. The van der Waals surface area contributed by atoms with Gasteiger partial charge < -0.3 is 15.4 Å². The van der Waals surface area contributed by atoms with Gasteiger partial charge in [-0.15, -0.1) is 0 Å². The monoisotopic (exact) mass is 471 g/mol. The van der Waals surface area contributed by atoms with Gasteiger partial charge in [0.05, 0.1) is 10.6 Å². The first-order valence-corrected chi connectivity index (χ1v) is 11.5. The standard InChI is InChI=1S/C25H30ClN3O4/c1-25(2,3)33-24(32)29-18-11-9-16(10-12-18)22(30)28-19-13-14-21(26)20(15-19)23(31)27-17-7-5-4-6-8-17/h9-15,17H,4-8H2,1-3H3,(H,27,31)(H,28,30)(H,29,32). The first kappa shape index (κ1) is 24.6. The van der Waals surface area contributed by atoms with Gasteiger partial charge in [-0.05, 0) is 76.1 Å². The van der Waals surface area contributed by atoms with Gasteiger partial charge in [0.15, 0.2) is 0 Å². The van der Waals surface area contributed by atoms with Crippen LogP contribution in [0.25, 0.3) is 0 Å². The number of halogens is 1. The molecule has 0 spiro atoms. The van der Waals surface area contributed by atoms with Gasteiger partial charge in [-0.25, -0.2) is 4.79 Å². The van der Waals surface area contributed by atoms with Crippen LogP contribution >= 0.6 is 11.6 Å². The number of carbonyl (C=O) groups excluding carboxylic acids is 3. The average molecular weight is 472 g/mol. The number of anilines is 2. The molecule has 0 saturated heterocycles. The third-order valence-electron chi connectivity index (χ3n) is 5.20. The molecular weight excluding hydrogens is 442 g/mol. The van der Waals surface area contributed by atoms with Crippen molar-refractivity contribution in [3.05, 3.63) is 58.6 Å². The number of amides is 3. The molecule has 0 atom stereocenters. The number of rotatable bonds is 5. The average Bonchev–Trinajstić information content (AvgIpc) is 2.75. The minimum absolute atomic E-state index is 0.161. The zero-order valence-electron chi connectivity index (χ0n) is 19.2. The van der Waals surface area contributed by atoms with Crippen LogP contribution in [0.4, 0.5) is 16.2 Å². The highest BCUT2D eigenvalue weighted by atomic mass is 35.5. The number of benzene rings is 2. The molecular formula is C25H30ClN3O4. The Kier molecular flexibility index (Phi) is 7.97.